The van der Waals surface area contributed by atoms with Gasteiger partial charge in [0.05, 0.1) is 5.41 Å². The van der Waals surface area contributed by atoms with E-state index in [0.29, 0.717) is 18.4 Å². The number of carbonyl (C=O) groups is 1. The van der Waals surface area contributed by atoms with Gasteiger partial charge < -0.3 is 10.6 Å². The topological polar surface area (TPSA) is 46.3 Å². The van der Waals surface area contributed by atoms with E-state index < -0.39 is 5.41 Å². The number of hydrogen-bond acceptors (Lipinski definition) is 2. The maximum Gasteiger partial charge on any atom is 0.232 e. The molecule has 2 rings (SSSR count). The zero-order chi connectivity index (χ0) is 14.8. The van der Waals surface area contributed by atoms with E-state index in [2.05, 4.69) is 6.92 Å². The molecule has 0 radical (unpaired) electrons. The number of piperidine rings is 1. The third kappa shape index (κ3) is 2.88. The summed E-state index contributed by atoms with van der Waals surface area (Å²) in [7, 11) is 0. The molecule has 1 heterocycles. The van der Waals surface area contributed by atoms with E-state index in [1.165, 1.54) is 0 Å². The predicted octanol–water partition coefficient (Wildman–Crippen LogP) is 2.41. The Morgan fingerprint density at radius 3 is 2.60 bits per heavy atom. The van der Waals surface area contributed by atoms with Crippen LogP contribution in [-0.4, -0.2) is 30.4 Å². The maximum absolute atomic E-state index is 12.9. The van der Waals surface area contributed by atoms with Crippen LogP contribution >= 0.6 is 0 Å². The van der Waals surface area contributed by atoms with Crippen LogP contribution in [0.5, 0.6) is 0 Å². The van der Waals surface area contributed by atoms with Gasteiger partial charge in [0.25, 0.3) is 0 Å². The first kappa shape index (κ1) is 15.0. The summed E-state index contributed by atoms with van der Waals surface area (Å²) in [4.78, 5) is 14.9. The summed E-state index contributed by atoms with van der Waals surface area (Å²) in [6, 6.07) is 10.0. The van der Waals surface area contributed by atoms with Crippen LogP contribution in [0.4, 0.5) is 0 Å². The van der Waals surface area contributed by atoms with E-state index in [1.54, 1.807) is 0 Å². The molecule has 3 heteroatoms. The van der Waals surface area contributed by atoms with Crippen molar-refractivity contribution in [3.8, 4) is 0 Å². The minimum atomic E-state index is -0.471. The molecule has 1 saturated heterocycles. The van der Waals surface area contributed by atoms with Crippen molar-refractivity contribution in [3.63, 3.8) is 0 Å². The average molecular weight is 274 g/mol. The Hall–Kier alpha value is -1.35. The number of nitrogens with zero attached hydrogens (tertiary/aromatic N) is 1. The minimum absolute atomic E-state index is 0.217. The highest BCUT2D eigenvalue weighted by molar-refractivity contribution is 5.87. The summed E-state index contributed by atoms with van der Waals surface area (Å²) < 4.78 is 0. The monoisotopic (exact) mass is 274 g/mol. The fraction of sp³-hybridized carbons (Fsp3) is 0.588. The quantitative estimate of drug-likeness (QED) is 0.920. The molecular formula is C17H26N2O. The van der Waals surface area contributed by atoms with Gasteiger partial charge in [-0.05, 0) is 44.2 Å². The SMILES string of the molecule is CC1CCN(C(=O)C(C)(C)c2ccccc2)CC1CN. The number of amides is 1. The Labute approximate surface area is 122 Å². The largest absolute Gasteiger partial charge is 0.342 e. The Morgan fingerprint density at radius 1 is 1.35 bits per heavy atom. The fourth-order valence-corrected chi connectivity index (χ4v) is 3.01. The lowest BCUT2D eigenvalue weighted by atomic mass is 9.81. The highest BCUT2D eigenvalue weighted by Gasteiger charge is 2.36. The first-order chi connectivity index (χ1) is 9.46. The number of hydrogen-bond donors (Lipinski definition) is 1. The molecule has 0 aliphatic carbocycles. The fourth-order valence-electron chi connectivity index (χ4n) is 3.01. The molecule has 1 aliphatic heterocycles. The van der Waals surface area contributed by atoms with E-state index in [0.717, 1.165) is 25.1 Å². The number of carbonyl (C=O) groups excluding carboxylic acids is 1. The van der Waals surface area contributed by atoms with Gasteiger partial charge in [0.2, 0.25) is 5.91 Å². The average Bonchev–Trinajstić information content (AvgIpc) is 2.48. The molecule has 0 saturated carbocycles. The van der Waals surface area contributed by atoms with Crippen LogP contribution in [-0.2, 0) is 10.2 Å². The molecule has 2 unspecified atom stereocenters. The molecule has 0 bridgehead atoms. The summed E-state index contributed by atoms with van der Waals surface area (Å²) in [5.41, 5.74) is 6.44. The number of rotatable bonds is 3. The third-order valence-electron chi connectivity index (χ3n) is 4.73. The van der Waals surface area contributed by atoms with Crippen molar-refractivity contribution in [2.24, 2.45) is 17.6 Å². The lowest BCUT2D eigenvalue weighted by Gasteiger charge is -2.40. The second-order valence-corrected chi connectivity index (χ2v) is 6.50. The Balaban J connectivity index is 2.15. The highest BCUT2D eigenvalue weighted by atomic mass is 16.2. The summed E-state index contributed by atoms with van der Waals surface area (Å²) in [5, 5.41) is 0. The van der Waals surface area contributed by atoms with E-state index in [4.69, 9.17) is 5.73 Å². The van der Waals surface area contributed by atoms with Gasteiger partial charge in [-0.3, -0.25) is 4.79 Å². The summed E-state index contributed by atoms with van der Waals surface area (Å²) in [6.07, 6.45) is 1.05. The minimum Gasteiger partial charge on any atom is -0.342 e. The van der Waals surface area contributed by atoms with Crippen molar-refractivity contribution in [3.05, 3.63) is 35.9 Å². The van der Waals surface area contributed by atoms with Crippen LogP contribution in [0.15, 0.2) is 30.3 Å². The highest BCUT2D eigenvalue weighted by Crippen LogP contribution is 2.29. The summed E-state index contributed by atoms with van der Waals surface area (Å²) in [6.45, 7) is 8.58. The number of benzene rings is 1. The van der Waals surface area contributed by atoms with Crippen LogP contribution in [0, 0.1) is 11.8 Å². The van der Waals surface area contributed by atoms with Gasteiger partial charge in [0.1, 0.15) is 0 Å². The molecule has 0 aromatic heterocycles. The van der Waals surface area contributed by atoms with Crippen LogP contribution in [0.2, 0.25) is 0 Å². The molecule has 0 spiro atoms. The lowest BCUT2D eigenvalue weighted by Crippen LogP contribution is -2.51. The maximum atomic E-state index is 12.9. The number of likely N-dealkylation sites (tertiary alicyclic amines) is 1. The molecule has 3 nitrogen and oxygen atoms in total. The van der Waals surface area contributed by atoms with Crippen LogP contribution < -0.4 is 5.73 Å². The van der Waals surface area contributed by atoms with Crippen molar-refractivity contribution in [1.29, 1.82) is 0 Å². The second-order valence-electron chi connectivity index (χ2n) is 6.50. The molecule has 1 aliphatic rings. The Morgan fingerprint density at radius 2 is 2.00 bits per heavy atom. The first-order valence-corrected chi connectivity index (χ1v) is 7.51. The van der Waals surface area contributed by atoms with Crippen molar-refractivity contribution in [2.45, 2.75) is 32.6 Å². The normalized spacial score (nSPS) is 23.7. The van der Waals surface area contributed by atoms with E-state index in [-0.39, 0.29) is 5.91 Å². The Kier molecular flexibility index (Phi) is 4.48. The van der Waals surface area contributed by atoms with Gasteiger partial charge in [-0.15, -0.1) is 0 Å². The molecule has 110 valence electrons. The molecule has 1 amide bonds. The van der Waals surface area contributed by atoms with Gasteiger partial charge in [-0.25, -0.2) is 0 Å². The van der Waals surface area contributed by atoms with E-state index in [9.17, 15) is 4.79 Å². The van der Waals surface area contributed by atoms with Gasteiger partial charge in [0, 0.05) is 13.1 Å². The van der Waals surface area contributed by atoms with Crippen LogP contribution in [0.3, 0.4) is 0 Å². The van der Waals surface area contributed by atoms with E-state index in [1.807, 2.05) is 49.1 Å². The lowest BCUT2D eigenvalue weighted by molar-refractivity contribution is -0.138. The van der Waals surface area contributed by atoms with Gasteiger partial charge >= 0.3 is 0 Å². The molecule has 1 aromatic rings. The molecule has 1 aromatic carbocycles. The molecular weight excluding hydrogens is 248 g/mol. The van der Waals surface area contributed by atoms with Crippen molar-refractivity contribution in [1.82, 2.24) is 4.90 Å². The van der Waals surface area contributed by atoms with Crippen molar-refractivity contribution >= 4 is 5.91 Å². The van der Waals surface area contributed by atoms with Crippen molar-refractivity contribution in [2.75, 3.05) is 19.6 Å². The van der Waals surface area contributed by atoms with Gasteiger partial charge in [0.15, 0.2) is 0 Å². The van der Waals surface area contributed by atoms with Gasteiger partial charge in [-0.1, -0.05) is 37.3 Å². The van der Waals surface area contributed by atoms with Crippen LogP contribution in [0.1, 0.15) is 32.8 Å². The van der Waals surface area contributed by atoms with E-state index >= 15 is 0 Å². The second kappa shape index (κ2) is 5.96. The standard InChI is InChI=1S/C17H26N2O/c1-13-9-10-19(12-14(13)11-18)16(20)17(2,3)15-7-5-4-6-8-15/h4-8,13-14H,9-12,18H2,1-3H3. The van der Waals surface area contributed by atoms with Crippen LogP contribution in [0.25, 0.3) is 0 Å². The summed E-state index contributed by atoms with van der Waals surface area (Å²) in [5.74, 6) is 1.26. The Bertz CT molecular complexity index is 455. The third-order valence-corrected chi connectivity index (χ3v) is 4.73. The smallest absolute Gasteiger partial charge is 0.232 e. The van der Waals surface area contributed by atoms with Gasteiger partial charge in [-0.2, -0.15) is 0 Å². The molecule has 20 heavy (non-hydrogen) atoms. The molecule has 1 fully saturated rings. The van der Waals surface area contributed by atoms with Crippen molar-refractivity contribution < 1.29 is 4.79 Å². The summed E-state index contributed by atoms with van der Waals surface area (Å²) >= 11 is 0. The molecule has 2 atom stereocenters. The predicted molar refractivity (Wildman–Crippen MR) is 82.4 cm³/mol. The first-order valence-electron chi connectivity index (χ1n) is 7.51. The molecule has 2 N–H and O–H groups in total. The zero-order valence-corrected chi connectivity index (χ0v) is 12.8. The number of nitrogens with two attached hydrogens (primary N) is 1. The zero-order valence-electron chi connectivity index (χ0n) is 12.8.